The zero-order valence-electron chi connectivity index (χ0n) is 22.5. The molecule has 0 saturated carbocycles. The molecule has 3 amide bonds. The fourth-order valence-corrected chi connectivity index (χ4v) is 4.04. The monoisotopic (exact) mass is 604 g/mol. The van der Waals surface area contributed by atoms with Crippen molar-refractivity contribution in [2.45, 2.75) is 37.7 Å². The quantitative estimate of drug-likeness (QED) is 0.170. The van der Waals surface area contributed by atoms with Gasteiger partial charge in [-0.15, -0.1) is 11.8 Å². The molecule has 0 aliphatic carbocycles. The van der Waals surface area contributed by atoms with Gasteiger partial charge in [0.25, 0.3) is 11.8 Å². The maximum atomic E-state index is 13.3. The second-order valence-corrected chi connectivity index (χ2v) is 11.2. The van der Waals surface area contributed by atoms with Crippen LogP contribution in [0.15, 0.2) is 59.6 Å². The molecule has 3 aromatic rings. The van der Waals surface area contributed by atoms with E-state index in [9.17, 15) is 14.4 Å². The second-order valence-electron chi connectivity index (χ2n) is 9.45. The first kappa shape index (κ1) is 31.1. The number of nitrogens with zero attached hydrogens (tertiary/aromatic N) is 1. The number of carbonyl (C=O) groups excluding carboxylic acids is 3. The predicted molar refractivity (Wildman–Crippen MR) is 159 cm³/mol. The Hall–Kier alpha value is -3.47. The number of aromatic nitrogens is 1. The minimum atomic E-state index is -0.585. The van der Waals surface area contributed by atoms with Gasteiger partial charge in [-0.25, -0.2) is 9.78 Å². The Balaban J connectivity index is 1.71. The number of ether oxygens (including phenoxy) is 2. The average molecular weight is 606 g/mol. The topological polar surface area (TPSA) is 119 Å². The lowest BCUT2D eigenvalue weighted by Gasteiger charge is -2.19. The number of alkyl carbamates (subject to hydrolysis) is 1. The van der Waals surface area contributed by atoms with Crippen LogP contribution >= 0.6 is 35.0 Å². The summed E-state index contributed by atoms with van der Waals surface area (Å²) >= 11 is 13.5. The highest BCUT2D eigenvalue weighted by Gasteiger charge is 2.19. The van der Waals surface area contributed by atoms with Gasteiger partial charge in [-0.05, 0) is 82.0 Å². The molecule has 1 aromatic heterocycles. The molecular formula is C28H30Cl2N4O5S. The summed E-state index contributed by atoms with van der Waals surface area (Å²) < 4.78 is 11.1. The second kappa shape index (κ2) is 14.2. The molecule has 0 atom stereocenters. The number of thioether (sulfide) groups is 1. The Bertz CT molecular complexity index is 1360. The van der Waals surface area contributed by atoms with Crippen molar-refractivity contribution in [2.24, 2.45) is 0 Å². The molecule has 0 bridgehead atoms. The van der Waals surface area contributed by atoms with Crippen LogP contribution in [0.3, 0.4) is 0 Å². The molecule has 0 unspecified atom stereocenters. The fourth-order valence-electron chi connectivity index (χ4n) is 3.33. The lowest BCUT2D eigenvalue weighted by atomic mass is 10.1. The van der Waals surface area contributed by atoms with Crippen molar-refractivity contribution in [3.63, 3.8) is 0 Å². The van der Waals surface area contributed by atoms with Gasteiger partial charge in [0.05, 0.1) is 28.4 Å². The Kier molecular flexibility index (Phi) is 11.1. The lowest BCUT2D eigenvalue weighted by Crippen LogP contribution is -2.33. The van der Waals surface area contributed by atoms with Gasteiger partial charge in [0, 0.05) is 22.7 Å². The Morgan fingerprint density at radius 1 is 0.925 bits per heavy atom. The zero-order valence-corrected chi connectivity index (χ0v) is 24.8. The van der Waals surface area contributed by atoms with Gasteiger partial charge in [-0.2, -0.15) is 0 Å². The van der Waals surface area contributed by atoms with Crippen LogP contribution in [0.5, 0.6) is 5.75 Å². The first-order valence-corrected chi connectivity index (χ1v) is 14.2. The highest BCUT2D eigenvalue weighted by molar-refractivity contribution is 7.98. The smallest absolute Gasteiger partial charge is 0.407 e. The van der Waals surface area contributed by atoms with E-state index in [-0.39, 0.29) is 29.2 Å². The molecule has 0 fully saturated rings. The number of nitrogens with one attached hydrogen (secondary N) is 3. The van der Waals surface area contributed by atoms with Crippen molar-refractivity contribution in [1.82, 2.24) is 10.3 Å². The third-order valence-corrected chi connectivity index (χ3v) is 6.31. The predicted octanol–water partition coefficient (Wildman–Crippen LogP) is 6.91. The van der Waals surface area contributed by atoms with Crippen molar-refractivity contribution in [1.29, 1.82) is 0 Å². The molecule has 3 N–H and O–H groups in total. The minimum absolute atomic E-state index is 0.147. The number of halogens is 2. The molecule has 0 aliphatic heterocycles. The maximum Gasteiger partial charge on any atom is 0.407 e. The maximum absolute atomic E-state index is 13.3. The number of anilines is 2. The average Bonchev–Trinajstić information content (AvgIpc) is 2.89. The summed E-state index contributed by atoms with van der Waals surface area (Å²) in [6.45, 7) is 5.95. The Labute approximate surface area is 247 Å². The molecule has 40 heavy (non-hydrogen) atoms. The molecular weight excluding hydrogens is 575 g/mol. The molecule has 12 heteroatoms. The summed E-state index contributed by atoms with van der Waals surface area (Å²) in [5.41, 5.74) is 0.0910. The largest absolute Gasteiger partial charge is 0.493 e. The number of rotatable bonds is 10. The summed E-state index contributed by atoms with van der Waals surface area (Å²) in [5.74, 6) is -0.335. The van der Waals surface area contributed by atoms with E-state index in [0.717, 1.165) is 4.90 Å². The van der Waals surface area contributed by atoms with E-state index in [4.69, 9.17) is 32.7 Å². The van der Waals surface area contributed by atoms with Crippen molar-refractivity contribution < 1.29 is 23.9 Å². The van der Waals surface area contributed by atoms with E-state index in [1.165, 1.54) is 24.0 Å². The van der Waals surface area contributed by atoms with Gasteiger partial charge in [0.15, 0.2) is 0 Å². The number of hydrogen-bond donors (Lipinski definition) is 3. The van der Waals surface area contributed by atoms with Gasteiger partial charge < -0.3 is 25.4 Å². The van der Waals surface area contributed by atoms with E-state index in [1.807, 2.05) is 6.26 Å². The van der Waals surface area contributed by atoms with Crippen LogP contribution in [0.25, 0.3) is 0 Å². The van der Waals surface area contributed by atoms with E-state index in [1.54, 1.807) is 63.2 Å². The van der Waals surface area contributed by atoms with Gasteiger partial charge in [-0.1, -0.05) is 23.2 Å². The third kappa shape index (κ3) is 9.62. The normalized spacial score (nSPS) is 10.9. The lowest BCUT2D eigenvalue weighted by molar-refractivity contribution is 0.0525. The van der Waals surface area contributed by atoms with E-state index < -0.39 is 23.5 Å². The molecule has 0 saturated heterocycles. The third-order valence-electron chi connectivity index (χ3n) is 5.12. The molecule has 3 rings (SSSR count). The number of amides is 3. The van der Waals surface area contributed by atoms with Crippen LogP contribution in [0.4, 0.5) is 16.3 Å². The van der Waals surface area contributed by atoms with E-state index >= 15 is 0 Å². The summed E-state index contributed by atoms with van der Waals surface area (Å²) in [5, 5.41) is 8.88. The van der Waals surface area contributed by atoms with E-state index in [0.29, 0.717) is 28.8 Å². The Morgan fingerprint density at radius 3 is 2.33 bits per heavy atom. The zero-order chi connectivity index (χ0) is 29.3. The van der Waals surface area contributed by atoms with Crippen LogP contribution in [-0.2, 0) is 4.74 Å². The Morgan fingerprint density at radius 2 is 1.65 bits per heavy atom. The summed E-state index contributed by atoms with van der Waals surface area (Å²) in [4.78, 5) is 43.1. The molecule has 0 radical (unpaired) electrons. The highest BCUT2D eigenvalue weighted by Crippen LogP contribution is 2.28. The van der Waals surface area contributed by atoms with E-state index in [2.05, 4.69) is 20.9 Å². The summed E-state index contributed by atoms with van der Waals surface area (Å²) in [6, 6.07) is 12.9. The van der Waals surface area contributed by atoms with Crippen LogP contribution < -0.4 is 20.7 Å². The van der Waals surface area contributed by atoms with Gasteiger partial charge >= 0.3 is 6.09 Å². The van der Waals surface area contributed by atoms with Crippen molar-refractivity contribution in [3.05, 3.63) is 75.9 Å². The standard InChI is InChI=1S/C28H30Cl2N4O5S/c1-28(2,3)39-27(37)31-12-5-13-38-23-15-19(40-4)8-9-20(23)25(35)33-22-10-6-17(29)14-21(22)26(36)34-24-11-7-18(30)16-32-24/h6-11,14-16H,5,12-13H2,1-4H3,(H,31,37)(H,33,35)(H,32,34,36). The number of carbonyl (C=O) groups is 3. The molecule has 212 valence electrons. The van der Waals surface area contributed by atoms with Crippen LogP contribution in [-0.4, -0.2) is 47.9 Å². The molecule has 1 heterocycles. The number of pyridine rings is 1. The minimum Gasteiger partial charge on any atom is -0.493 e. The van der Waals surface area contributed by atoms with Crippen molar-refractivity contribution in [3.8, 4) is 5.75 Å². The van der Waals surface area contributed by atoms with Crippen molar-refractivity contribution >= 4 is 64.4 Å². The van der Waals surface area contributed by atoms with Crippen molar-refractivity contribution in [2.75, 3.05) is 30.0 Å². The first-order valence-electron chi connectivity index (χ1n) is 12.3. The molecule has 0 aliphatic rings. The number of benzene rings is 2. The van der Waals surface area contributed by atoms with Crippen LogP contribution in [0.2, 0.25) is 10.0 Å². The van der Waals surface area contributed by atoms with Crippen LogP contribution in [0.1, 0.15) is 47.9 Å². The highest BCUT2D eigenvalue weighted by atomic mass is 35.5. The summed E-state index contributed by atoms with van der Waals surface area (Å²) in [7, 11) is 0. The molecule has 9 nitrogen and oxygen atoms in total. The fraction of sp³-hybridized carbons (Fsp3) is 0.286. The first-order chi connectivity index (χ1) is 18.9. The van der Waals surface area contributed by atoms with Gasteiger partial charge in [0.1, 0.15) is 17.2 Å². The summed E-state index contributed by atoms with van der Waals surface area (Å²) in [6.07, 6.45) is 3.30. The van der Waals surface area contributed by atoms with Gasteiger partial charge in [-0.3, -0.25) is 9.59 Å². The molecule has 2 aromatic carbocycles. The van der Waals surface area contributed by atoms with Crippen LogP contribution in [0, 0.1) is 0 Å². The SMILES string of the molecule is CSc1ccc(C(=O)Nc2ccc(Cl)cc2C(=O)Nc2ccc(Cl)cn2)c(OCCCNC(=O)OC(C)(C)C)c1. The number of hydrogen-bond acceptors (Lipinski definition) is 7. The van der Waals surface area contributed by atoms with Gasteiger partial charge in [0.2, 0.25) is 0 Å². The molecule has 0 spiro atoms.